The minimum absolute atomic E-state index is 0.102. The lowest BCUT2D eigenvalue weighted by atomic mass is 10.2. The first kappa shape index (κ1) is 17.0. The SMILES string of the molecule is NC(=NN=Cc1cc(Cl)cc([N+](=O)[O-])c1)SCc1ccccc1. The molecule has 0 unspecified atom stereocenters. The van der Waals surface area contributed by atoms with Gasteiger partial charge in [0, 0.05) is 28.5 Å². The van der Waals surface area contributed by atoms with Crippen molar-refractivity contribution in [3.8, 4) is 0 Å². The molecule has 0 aliphatic heterocycles. The molecule has 0 atom stereocenters. The number of hydrogen-bond acceptors (Lipinski definition) is 5. The van der Waals surface area contributed by atoms with Crippen LogP contribution in [0.5, 0.6) is 0 Å². The fourth-order valence-electron chi connectivity index (χ4n) is 1.69. The lowest BCUT2D eigenvalue weighted by Crippen LogP contribution is -2.06. The fourth-order valence-corrected chi connectivity index (χ4v) is 2.54. The van der Waals surface area contributed by atoms with Gasteiger partial charge in [-0.2, -0.15) is 5.10 Å². The van der Waals surface area contributed by atoms with Gasteiger partial charge in [-0.25, -0.2) is 0 Å². The molecule has 2 N–H and O–H groups in total. The van der Waals surface area contributed by atoms with Crippen LogP contribution in [0.4, 0.5) is 5.69 Å². The lowest BCUT2D eigenvalue weighted by Gasteiger charge is -1.99. The normalized spacial score (nSPS) is 11.8. The summed E-state index contributed by atoms with van der Waals surface area (Å²) in [5.41, 5.74) is 7.27. The predicted molar refractivity (Wildman–Crippen MR) is 95.1 cm³/mol. The van der Waals surface area contributed by atoms with Crippen molar-refractivity contribution in [2.75, 3.05) is 0 Å². The Hall–Kier alpha value is -2.38. The molecule has 2 aromatic carbocycles. The van der Waals surface area contributed by atoms with Gasteiger partial charge in [-0.05, 0) is 11.6 Å². The van der Waals surface area contributed by atoms with E-state index in [2.05, 4.69) is 10.2 Å². The zero-order chi connectivity index (χ0) is 16.7. The second-order valence-corrected chi connectivity index (χ2v) is 5.89. The van der Waals surface area contributed by atoms with Crippen LogP contribution in [0.15, 0.2) is 58.7 Å². The minimum atomic E-state index is -0.517. The molecule has 0 saturated heterocycles. The molecule has 0 bridgehead atoms. The average molecular weight is 349 g/mol. The van der Waals surface area contributed by atoms with E-state index in [0.717, 1.165) is 5.56 Å². The Kier molecular flexibility index (Phi) is 6.13. The molecular weight excluding hydrogens is 336 g/mol. The van der Waals surface area contributed by atoms with E-state index in [0.29, 0.717) is 16.5 Å². The number of rotatable bonds is 5. The van der Waals surface area contributed by atoms with Crippen LogP contribution < -0.4 is 5.73 Å². The van der Waals surface area contributed by atoms with Crippen LogP contribution in [-0.2, 0) is 5.75 Å². The molecule has 0 amide bonds. The topological polar surface area (TPSA) is 93.9 Å². The maximum absolute atomic E-state index is 10.8. The Morgan fingerprint density at radius 3 is 2.74 bits per heavy atom. The summed E-state index contributed by atoms with van der Waals surface area (Å²) in [6, 6.07) is 14.0. The summed E-state index contributed by atoms with van der Waals surface area (Å²) < 4.78 is 0. The van der Waals surface area contributed by atoms with Gasteiger partial charge in [-0.3, -0.25) is 10.1 Å². The van der Waals surface area contributed by atoms with Crippen molar-refractivity contribution >= 4 is 40.4 Å². The van der Waals surface area contributed by atoms with Crippen molar-refractivity contribution in [1.82, 2.24) is 0 Å². The number of nitrogens with two attached hydrogens (primary N) is 1. The Morgan fingerprint density at radius 1 is 1.30 bits per heavy atom. The summed E-state index contributed by atoms with van der Waals surface area (Å²) in [6.45, 7) is 0. The quantitative estimate of drug-likeness (QED) is 0.384. The maximum Gasteiger partial charge on any atom is 0.271 e. The van der Waals surface area contributed by atoms with Crippen LogP contribution in [0, 0.1) is 10.1 Å². The van der Waals surface area contributed by atoms with E-state index in [-0.39, 0.29) is 10.7 Å². The number of nitro groups is 1. The van der Waals surface area contributed by atoms with Gasteiger partial charge in [0.2, 0.25) is 0 Å². The number of nitro benzene ring substituents is 1. The summed E-state index contributed by atoms with van der Waals surface area (Å²) in [6.07, 6.45) is 1.37. The minimum Gasteiger partial charge on any atom is -0.377 e. The van der Waals surface area contributed by atoms with Gasteiger partial charge in [0.1, 0.15) is 0 Å². The van der Waals surface area contributed by atoms with Crippen molar-refractivity contribution < 1.29 is 4.92 Å². The van der Waals surface area contributed by atoms with E-state index in [1.807, 2.05) is 30.3 Å². The van der Waals surface area contributed by atoms with Crippen LogP contribution in [-0.4, -0.2) is 16.3 Å². The number of halogens is 1. The molecule has 0 saturated carbocycles. The van der Waals surface area contributed by atoms with Gasteiger partial charge in [0.05, 0.1) is 11.1 Å². The van der Waals surface area contributed by atoms with E-state index < -0.39 is 4.92 Å². The van der Waals surface area contributed by atoms with E-state index in [1.54, 1.807) is 6.07 Å². The molecule has 118 valence electrons. The van der Waals surface area contributed by atoms with Crippen molar-refractivity contribution in [1.29, 1.82) is 0 Å². The largest absolute Gasteiger partial charge is 0.377 e. The van der Waals surface area contributed by atoms with E-state index in [9.17, 15) is 10.1 Å². The molecule has 0 fully saturated rings. The highest BCUT2D eigenvalue weighted by molar-refractivity contribution is 8.13. The molecule has 0 spiro atoms. The number of nitrogens with zero attached hydrogens (tertiary/aromatic N) is 3. The number of hydrogen-bond donors (Lipinski definition) is 1. The summed E-state index contributed by atoms with van der Waals surface area (Å²) in [5, 5.41) is 19.0. The number of amidine groups is 1. The van der Waals surface area contributed by atoms with Crippen LogP contribution >= 0.6 is 23.4 Å². The third-order valence-electron chi connectivity index (χ3n) is 2.71. The van der Waals surface area contributed by atoms with Gasteiger partial charge in [-0.1, -0.05) is 53.7 Å². The van der Waals surface area contributed by atoms with Gasteiger partial charge in [0.15, 0.2) is 5.17 Å². The highest BCUT2D eigenvalue weighted by Crippen LogP contribution is 2.20. The van der Waals surface area contributed by atoms with Crippen LogP contribution in [0.25, 0.3) is 0 Å². The van der Waals surface area contributed by atoms with Crippen molar-refractivity contribution in [2.24, 2.45) is 15.9 Å². The molecule has 8 heteroatoms. The van der Waals surface area contributed by atoms with Gasteiger partial charge in [-0.15, -0.1) is 5.10 Å². The van der Waals surface area contributed by atoms with Gasteiger partial charge >= 0.3 is 0 Å². The summed E-state index contributed by atoms with van der Waals surface area (Å²) in [7, 11) is 0. The van der Waals surface area contributed by atoms with E-state index >= 15 is 0 Å². The number of thioether (sulfide) groups is 1. The Morgan fingerprint density at radius 2 is 2.04 bits per heavy atom. The standard InChI is InChI=1S/C15H13ClN4O2S/c16-13-6-12(7-14(8-13)20(21)22)9-18-19-15(17)23-10-11-4-2-1-3-5-11/h1-9H,10H2,(H2,17,19). The Labute approximate surface area is 142 Å². The van der Waals surface area contributed by atoms with E-state index in [4.69, 9.17) is 17.3 Å². The molecule has 0 heterocycles. The summed E-state index contributed by atoms with van der Waals surface area (Å²) >= 11 is 7.18. The van der Waals surface area contributed by atoms with Crippen molar-refractivity contribution in [3.05, 3.63) is 74.8 Å². The molecule has 0 aliphatic carbocycles. The first-order valence-electron chi connectivity index (χ1n) is 6.53. The zero-order valence-corrected chi connectivity index (χ0v) is 13.5. The first-order chi connectivity index (χ1) is 11.0. The Balaban J connectivity index is 1.98. The molecule has 0 aromatic heterocycles. The Bertz CT molecular complexity index is 750. The molecule has 23 heavy (non-hydrogen) atoms. The van der Waals surface area contributed by atoms with Crippen molar-refractivity contribution in [3.63, 3.8) is 0 Å². The molecular formula is C15H13ClN4O2S. The number of non-ortho nitro benzene ring substituents is 1. The highest BCUT2D eigenvalue weighted by Gasteiger charge is 2.07. The van der Waals surface area contributed by atoms with Gasteiger partial charge < -0.3 is 5.73 Å². The van der Waals surface area contributed by atoms with Crippen LogP contribution in [0.3, 0.4) is 0 Å². The predicted octanol–water partition coefficient (Wildman–Crippen LogP) is 3.83. The second-order valence-electron chi connectivity index (χ2n) is 4.46. The summed E-state index contributed by atoms with van der Waals surface area (Å²) in [4.78, 5) is 10.2. The smallest absolute Gasteiger partial charge is 0.271 e. The van der Waals surface area contributed by atoms with Crippen LogP contribution in [0.1, 0.15) is 11.1 Å². The third kappa shape index (κ3) is 5.72. The van der Waals surface area contributed by atoms with Gasteiger partial charge in [0.25, 0.3) is 5.69 Å². The molecule has 6 nitrogen and oxygen atoms in total. The van der Waals surface area contributed by atoms with E-state index in [1.165, 1.54) is 30.1 Å². The molecule has 2 aromatic rings. The lowest BCUT2D eigenvalue weighted by molar-refractivity contribution is -0.384. The monoisotopic (exact) mass is 348 g/mol. The highest BCUT2D eigenvalue weighted by atomic mass is 35.5. The maximum atomic E-state index is 10.8. The molecule has 0 radical (unpaired) electrons. The first-order valence-corrected chi connectivity index (χ1v) is 7.89. The zero-order valence-electron chi connectivity index (χ0n) is 11.9. The van der Waals surface area contributed by atoms with Crippen molar-refractivity contribution in [2.45, 2.75) is 5.75 Å². The molecule has 2 rings (SSSR count). The second kappa shape index (κ2) is 8.30. The van der Waals surface area contributed by atoms with Crippen LogP contribution in [0.2, 0.25) is 5.02 Å². The fraction of sp³-hybridized carbons (Fsp3) is 0.0667. The number of benzene rings is 2. The summed E-state index contributed by atoms with van der Waals surface area (Å²) in [5.74, 6) is 0.689. The average Bonchev–Trinajstić information content (AvgIpc) is 2.53. The molecule has 0 aliphatic rings. The third-order valence-corrected chi connectivity index (χ3v) is 3.78.